The maximum atomic E-state index is 13.4. The van der Waals surface area contributed by atoms with Crippen molar-refractivity contribution in [2.24, 2.45) is 5.41 Å². The van der Waals surface area contributed by atoms with Crippen LogP contribution in [0.3, 0.4) is 0 Å². The third-order valence-electron chi connectivity index (χ3n) is 3.61. The second-order valence-electron chi connectivity index (χ2n) is 5.23. The second-order valence-corrected chi connectivity index (χ2v) is 5.23. The van der Waals surface area contributed by atoms with Crippen molar-refractivity contribution in [1.29, 1.82) is 0 Å². The smallest absolute Gasteiger partial charge is 0.311 e. The highest BCUT2D eigenvalue weighted by Crippen LogP contribution is 2.30. The molecule has 1 aromatic rings. The number of hydrogen-bond acceptors (Lipinski definition) is 2. The number of aliphatic carboxylic acids is 1. The normalized spacial score (nSPS) is 22.4. The van der Waals surface area contributed by atoms with Crippen LogP contribution in [-0.2, 0) is 9.59 Å². The van der Waals surface area contributed by atoms with E-state index in [1.54, 1.807) is 25.1 Å². The van der Waals surface area contributed by atoms with E-state index in [0.29, 0.717) is 18.5 Å². The number of carboxylic acid groups (broad SMARTS) is 1. The van der Waals surface area contributed by atoms with Gasteiger partial charge in [-0.05, 0) is 25.5 Å². The Morgan fingerprint density at radius 3 is 2.70 bits per heavy atom. The van der Waals surface area contributed by atoms with Crippen molar-refractivity contribution in [2.45, 2.75) is 13.3 Å². The van der Waals surface area contributed by atoms with Crippen LogP contribution in [0.5, 0.6) is 0 Å². The van der Waals surface area contributed by atoms with E-state index in [9.17, 15) is 14.0 Å². The highest BCUT2D eigenvalue weighted by atomic mass is 19.1. The molecule has 1 N–H and O–H groups in total. The molecule has 5 heteroatoms. The van der Waals surface area contributed by atoms with Crippen LogP contribution in [0, 0.1) is 11.2 Å². The molecule has 0 spiro atoms. The van der Waals surface area contributed by atoms with Gasteiger partial charge >= 0.3 is 5.97 Å². The number of carbonyl (C=O) groups excluding carboxylic acids is 1. The molecule has 0 radical (unpaired) electrons. The lowest BCUT2D eigenvalue weighted by Crippen LogP contribution is -2.34. The van der Waals surface area contributed by atoms with Crippen molar-refractivity contribution < 1.29 is 19.1 Å². The summed E-state index contributed by atoms with van der Waals surface area (Å²) in [5.74, 6) is -1.59. The Balaban J connectivity index is 2.04. The Morgan fingerprint density at radius 2 is 2.10 bits per heavy atom. The first-order valence-electron chi connectivity index (χ1n) is 6.37. The molecule has 0 aliphatic carbocycles. The first-order chi connectivity index (χ1) is 9.42. The molecule has 1 saturated heterocycles. The van der Waals surface area contributed by atoms with E-state index in [0.717, 1.165) is 0 Å². The van der Waals surface area contributed by atoms with Crippen LogP contribution in [0.2, 0.25) is 0 Å². The highest BCUT2D eigenvalue weighted by molar-refractivity contribution is 5.92. The van der Waals surface area contributed by atoms with Crippen LogP contribution in [0.1, 0.15) is 18.9 Å². The van der Waals surface area contributed by atoms with Crippen LogP contribution in [-0.4, -0.2) is 35.0 Å². The Hall–Kier alpha value is -2.17. The zero-order chi connectivity index (χ0) is 14.8. The molecule has 1 aliphatic rings. The summed E-state index contributed by atoms with van der Waals surface area (Å²) in [4.78, 5) is 24.6. The minimum absolute atomic E-state index is 0.183. The molecule has 1 aromatic carbocycles. The quantitative estimate of drug-likeness (QED) is 0.861. The van der Waals surface area contributed by atoms with E-state index in [4.69, 9.17) is 5.11 Å². The lowest BCUT2D eigenvalue weighted by Gasteiger charge is -2.18. The summed E-state index contributed by atoms with van der Waals surface area (Å²) in [6.45, 7) is 2.22. The Morgan fingerprint density at radius 1 is 1.40 bits per heavy atom. The van der Waals surface area contributed by atoms with Gasteiger partial charge in [0.2, 0.25) is 5.91 Å². The summed E-state index contributed by atoms with van der Waals surface area (Å²) in [5.41, 5.74) is -0.553. The minimum Gasteiger partial charge on any atom is -0.481 e. The standard InChI is InChI=1S/C15H16FNO3/c1-15(14(19)20)8-9-17(10-15)13(18)7-6-11-4-2-3-5-12(11)16/h2-7H,8-10H2,1H3,(H,19,20)/b7-6-/t15-/m0/s1. The highest BCUT2D eigenvalue weighted by Gasteiger charge is 2.41. The van der Waals surface area contributed by atoms with Gasteiger partial charge in [-0.2, -0.15) is 0 Å². The second kappa shape index (κ2) is 5.45. The van der Waals surface area contributed by atoms with Crippen LogP contribution >= 0.6 is 0 Å². The fourth-order valence-corrected chi connectivity index (χ4v) is 2.20. The lowest BCUT2D eigenvalue weighted by atomic mass is 9.90. The van der Waals surface area contributed by atoms with E-state index < -0.39 is 17.2 Å². The summed E-state index contributed by atoms with van der Waals surface area (Å²) in [5, 5.41) is 9.11. The van der Waals surface area contributed by atoms with Crippen LogP contribution in [0.15, 0.2) is 30.3 Å². The maximum absolute atomic E-state index is 13.4. The van der Waals surface area contributed by atoms with Gasteiger partial charge in [0, 0.05) is 24.7 Å². The monoisotopic (exact) mass is 277 g/mol. The van der Waals surface area contributed by atoms with E-state index in [-0.39, 0.29) is 12.5 Å². The van der Waals surface area contributed by atoms with Gasteiger partial charge in [0.05, 0.1) is 5.41 Å². The molecular weight excluding hydrogens is 261 g/mol. The lowest BCUT2D eigenvalue weighted by molar-refractivity contribution is -0.147. The molecule has 0 bridgehead atoms. The third kappa shape index (κ3) is 2.87. The number of hydrogen-bond donors (Lipinski definition) is 1. The molecule has 0 saturated carbocycles. The number of rotatable bonds is 3. The number of nitrogens with zero attached hydrogens (tertiary/aromatic N) is 1. The third-order valence-corrected chi connectivity index (χ3v) is 3.61. The maximum Gasteiger partial charge on any atom is 0.311 e. The summed E-state index contributed by atoms with van der Waals surface area (Å²) in [6, 6.07) is 6.16. The van der Waals surface area contributed by atoms with Crippen molar-refractivity contribution in [3.8, 4) is 0 Å². The van der Waals surface area contributed by atoms with Gasteiger partial charge in [-0.15, -0.1) is 0 Å². The van der Waals surface area contributed by atoms with Crippen molar-refractivity contribution in [1.82, 2.24) is 4.90 Å². The Bertz CT molecular complexity index is 570. The van der Waals surface area contributed by atoms with Crippen molar-refractivity contribution in [3.63, 3.8) is 0 Å². The first kappa shape index (κ1) is 14.2. The first-order valence-corrected chi connectivity index (χ1v) is 6.37. The number of carbonyl (C=O) groups is 2. The summed E-state index contributed by atoms with van der Waals surface area (Å²) in [7, 11) is 0. The molecule has 20 heavy (non-hydrogen) atoms. The fraction of sp³-hybridized carbons (Fsp3) is 0.333. The average molecular weight is 277 g/mol. The van der Waals surface area contributed by atoms with Crippen molar-refractivity contribution in [2.75, 3.05) is 13.1 Å². The minimum atomic E-state index is -0.897. The van der Waals surface area contributed by atoms with Gasteiger partial charge in [-0.25, -0.2) is 4.39 Å². The van der Waals surface area contributed by atoms with E-state index in [1.165, 1.54) is 23.1 Å². The molecule has 4 nitrogen and oxygen atoms in total. The van der Waals surface area contributed by atoms with E-state index in [2.05, 4.69) is 0 Å². The zero-order valence-electron chi connectivity index (χ0n) is 11.2. The largest absolute Gasteiger partial charge is 0.481 e. The molecular formula is C15H16FNO3. The number of benzene rings is 1. The van der Waals surface area contributed by atoms with Gasteiger partial charge in [0.15, 0.2) is 0 Å². The molecule has 2 rings (SSSR count). The zero-order valence-corrected chi connectivity index (χ0v) is 11.2. The van der Waals surface area contributed by atoms with Crippen LogP contribution in [0.25, 0.3) is 6.08 Å². The van der Waals surface area contributed by atoms with Gasteiger partial charge in [-0.1, -0.05) is 18.2 Å². The number of likely N-dealkylation sites (tertiary alicyclic amines) is 1. The van der Waals surface area contributed by atoms with Gasteiger partial charge in [0.1, 0.15) is 5.82 Å². The summed E-state index contributed by atoms with van der Waals surface area (Å²) in [6.07, 6.45) is 3.13. The molecule has 0 aromatic heterocycles. The topological polar surface area (TPSA) is 57.6 Å². The molecule has 0 unspecified atom stereocenters. The van der Waals surface area contributed by atoms with Gasteiger partial charge < -0.3 is 10.0 Å². The van der Waals surface area contributed by atoms with Crippen molar-refractivity contribution >= 4 is 18.0 Å². The van der Waals surface area contributed by atoms with Gasteiger partial charge in [-0.3, -0.25) is 9.59 Å². The summed E-state index contributed by atoms with van der Waals surface area (Å²) < 4.78 is 13.4. The SMILES string of the molecule is C[C@]1(C(=O)O)CCN(C(=O)/C=C\c2ccccc2F)C1. The van der Waals surface area contributed by atoms with Crippen LogP contribution < -0.4 is 0 Å². The van der Waals surface area contributed by atoms with E-state index >= 15 is 0 Å². The fourth-order valence-electron chi connectivity index (χ4n) is 2.20. The predicted octanol–water partition coefficient (Wildman–Crippen LogP) is 2.16. The molecule has 1 fully saturated rings. The van der Waals surface area contributed by atoms with Crippen LogP contribution in [0.4, 0.5) is 4.39 Å². The molecule has 1 heterocycles. The van der Waals surface area contributed by atoms with Gasteiger partial charge in [0.25, 0.3) is 0 Å². The van der Waals surface area contributed by atoms with Crippen molar-refractivity contribution in [3.05, 3.63) is 41.7 Å². The Kier molecular flexibility index (Phi) is 3.88. The number of halogens is 1. The molecule has 1 atom stereocenters. The summed E-state index contributed by atoms with van der Waals surface area (Å²) >= 11 is 0. The predicted molar refractivity (Wildman–Crippen MR) is 72.4 cm³/mol. The number of carboxylic acids is 1. The molecule has 1 amide bonds. The van der Waals surface area contributed by atoms with E-state index in [1.807, 2.05) is 0 Å². The average Bonchev–Trinajstić information content (AvgIpc) is 2.82. The molecule has 106 valence electrons. The Labute approximate surface area is 116 Å². The number of amides is 1. The molecule has 1 aliphatic heterocycles.